The lowest BCUT2D eigenvalue weighted by atomic mass is 10.3. The average molecular weight is 313 g/mol. The van der Waals surface area contributed by atoms with Crippen LogP contribution in [0.1, 0.15) is 25.3 Å². The zero-order valence-electron chi connectivity index (χ0n) is 12.6. The van der Waals surface area contributed by atoms with Crippen molar-refractivity contribution >= 4 is 22.5 Å². The fraction of sp³-hybridized carbons (Fsp3) is 0.769. The lowest BCUT2D eigenvalue weighted by Gasteiger charge is -2.29. The van der Waals surface area contributed by atoms with Gasteiger partial charge in [0.1, 0.15) is 5.01 Å². The minimum Gasteiger partial charge on any atom is -0.379 e. The quantitative estimate of drug-likeness (QED) is 0.828. The van der Waals surface area contributed by atoms with Gasteiger partial charge in [0.15, 0.2) is 0 Å². The summed E-state index contributed by atoms with van der Waals surface area (Å²) in [4.78, 5) is 14.2. The van der Waals surface area contributed by atoms with Crippen LogP contribution in [0.25, 0.3) is 0 Å². The number of urea groups is 1. The number of amides is 2. The van der Waals surface area contributed by atoms with Crippen molar-refractivity contribution in [2.24, 2.45) is 0 Å². The highest BCUT2D eigenvalue weighted by Crippen LogP contribution is 2.16. The van der Waals surface area contributed by atoms with Gasteiger partial charge in [0.05, 0.1) is 13.2 Å². The molecule has 1 aromatic rings. The molecule has 2 rings (SSSR count). The summed E-state index contributed by atoms with van der Waals surface area (Å²) in [5, 5.41) is 15.2. The molecule has 21 heavy (non-hydrogen) atoms. The van der Waals surface area contributed by atoms with Gasteiger partial charge in [-0.05, 0) is 13.3 Å². The second-order valence-corrected chi connectivity index (χ2v) is 6.23. The second-order valence-electron chi connectivity index (χ2n) is 5.16. The van der Waals surface area contributed by atoms with E-state index in [4.69, 9.17) is 4.74 Å². The Morgan fingerprint density at radius 3 is 2.90 bits per heavy atom. The second kappa shape index (κ2) is 8.26. The summed E-state index contributed by atoms with van der Waals surface area (Å²) in [5.74, 6) is 0. The van der Waals surface area contributed by atoms with Crippen LogP contribution in [0.2, 0.25) is 0 Å². The molecule has 8 heteroatoms. The number of nitrogens with zero attached hydrogens (tertiary/aromatic N) is 3. The van der Waals surface area contributed by atoms with Crippen LogP contribution in [0, 0.1) is 0 Å². The number of aromatic nitrogens is 2. The van der Waals surface area contributed by atoms with Crippen LogP contribution in [0.3, 0.4) is 0 Å². The normalized spacial score (nSPS) is 17.4. The monoisotopic (exact) mass is 313 g/mol. The van der Waals surface area contributed by atoms with E-state index in [-0.39, 0.29) is 12.1 Å². The van der Waals surface area contributed by atoms with Crippen LogP contribution in [-0.4, -0.2) is 60.0 Å². The van der Waals surface area contributed by atoms with E-state index in [1.54, 1.807) is 0 Å². The van der Waals surface area contributed by atoms with Gasteiger partial charge in [-0.15, -0.1) is 10.2 Å². The maximum absolute atomic E-state index is 11.9. The van der Waals surface area contributed by atoms with E-state index >= 15 is 0 Å². The number of hydrogen-bond donors (Lipinski definition) is 2. The molecule has 0 bridgehead atoms. The fourth-order valence-electron chi connectivity index (χ4n) is 2.19. The first-order chi connectivity index (χ1) is 10.2. The lowest BCUT2D eigenvalue weighted by Crippen LogP contribution is -2.47. The molecule has 2 amide bonds. The van der Waals surface area contributed by atoms with Crippen molar-refractivity contribution in [1.82, 2.24) is 20.4 Å². The fourth-order valence-corrected chi connectivity index (χ4v) is 3.03. The highest BCUT2D eigenvalue weighted by Gasteiger charge is 2.15. The van der Waals surface area contributed by atoms with Gasteiger partial charge in [0, 0.05) is 32.1 Å². The highest BCUT2D eigenvalue weighted by atomic mass is 32.1. The van der Waals surface area contributed by atoms with Crippen molar-refractivity contribution < 1.29 is 9.53 Å². The number of hydrogen-bond acceptors (Lipinski definition) is 6. The Labute approximate surface area is 129 Å². The third-order valence-electron chi connectivity index (χ3n) is 3.16. The number of aryl methyl sites for hydroxylation is 1. The number of carbonyl (C=O) groups excluding carboxylic acids is 1. The van der Waals surface area contributed by atoms with Crippen LogP contribution in [-0.2, 0) is 11.2 Å². The predicted molar refractivity (Wildman–Crippen MR) is 82.8 cm³/mol. The average Bonchev–Trinajstić information content (AvgIpc) is 2.87. The number of carbonyl (C=O) groups is 1. The largest absolute Gasteiger partial charge is 0.379 e. The number of ether oxygens (including phenoxy) is 1. The molecule has 0 unspecified atom stereocenters. The van der Waals surface area contributed by atoms with E-state index in [0.717, 1.165) is 50.7 Å². The van der Waals surface area contributed by atoms with Crippen molar-refractivity contribution in [2.75, 3.05) is 38.2 Å². The summed E-state index contributed by atoms with van der Waals surface area (Å²) in [5.41, 5.74) is 0. The maximum Gasteiger partial charge on any atom is 0.321 e. The molecule has 0 spiro atoms. The molecule has 1 aromatic heterocycles. The Hall–Kier alpha value is -1.25. The van der Waals surface area contributed by atoms with Gasteiger partial charge in [0.2, 0.25) is 5.13 Å². The van der Waals surface area contributed by atoms with E-state index in [2.05, 4.69) is 32.7 Å². The van der Waals surface area contributed by atoms with Crippen molar-refractivity contribution in [3.8, 4) is 0 Å². The summed E-state index contributed by atoms with van der Waals surface area (Å²) in [6.07, 6.45) is 1.92. The molecule has 2 heterocycles. The summed E-state index contributed by atoms with van der Waals surface area (Å²) in [6, 6.07) is -0.152. The van der Waals surface area contributed by atoms with Crippen LogP contribution in [0.15, 0.2) is 0 Å². The van der Waals surface area contributed by atoms with Crippen LogP contribution in [0.4, 0.5) is 9.93 Å². The molecule has 0 radical (unpaired) electrons. The van der Waals surface area contributed by atoms with Crippen molar-refractivity contribution in [3.05, 3.63) is 5.01 Å². The number of anilines is 1. The topological polar surface area (TPSA) is 79.4 Å². The molecule has 1 atom stereocenters. The minimum atomic E-state index is -0.227. The molecule has 0 saturated carbocycles. The van der Waals surface area contributed by atoms with Crippen molar-refractivity contribution in [2.45, 2.75) is 32.7 Å². The van der Waals surface area contributed by atoms with E-state index in [0.29, 0.717) is 5.13 Å². The Bertz CT molecular complexity index is 448. The number of nitrogens with one attached hydrogen (secondary N) is 2. The zero-order valence-corrected chi connectivity index (χ0v) is 13.4. The molecule has 1 fully saturated rings. The molecular weight excluding hydrogens is 290 g/mol. The summed E-state index contributed by atoms with van der Waals surface area (Å²) in [7, 11) is 0. The maximum atomic E-state index is 11.9. The first kappa shape index (κ1) is 16.1. The lowest BCUT2D eigenvalue weighted by molar-refractivity contribution is 0.0350. The van der Waals surface area contributed by atoms with E-state index in [1.807, 2.05) is 6.92 Å². The van der Waals surface area contributed by atoms with Gasteiger partial charge in [-0.3, -0.25) is 10.2 Å². The van der Waals surface area contributed by atoms with Gasteiger partial charge in [-0.2, -0.15) is 0 Å². The SMILES string of the molecule is CCCc1nnc(NC(=O)N[C@H](C)CN2CCOCC2)s1. The summed E-state index contributed by atoms with van der Waals surface area (Å²) < 4.78 is 5.31. The Morgan fingerprint density at radius 1 is 1.43 bits per heavy atom. The Balaban J connectivity index is 1.72. The summed E-state index contributed by atoms with van der Waals surface area (Å²) in [6.45, 7) is 8.29. The molecule has 0 aliphatic carbocycles. The third-order valence-corrected chi connectivity index (χ3v) is 4.06. The van der Waals surface area contributed by atoms with Gasteiger partial charge in [-0.1, -0.05) is 18.3 Å². The number of morpholine rings is 1. The first-order valence-electron chi connectivity index (χ1n) is 7.37. The van der Waals surface area contributed by atoms with Gasteiger partial charge in [0.25, 0.3) is 0 Å². The highest BCUT2D eigenvalue weighted by molar-refractivity contribution is 7.15. The standard InChI is InChI=1S/C13H23N5O2S/c1-3-4-11-16-17-13(21-11)15-12(19)14-10(2)9-18-5-7-20-8-6-18/h10H,3-9H2,1-2H3,(H2,14,15,17,19)/t10-/m1/s1. The predicted octanol–water partition coefficient (Wildman–Crippen LogP) is 1.33. The Kier molecular flexibility index (Phi) is 6.34. The van der Waals surface area contributed by atoms with Gasteiger partial charge < -0.3 is 10.1 Å². The third kappa shape index (κ3) is 5.56. The van der Waals surface area contributed by atoms with Crippen LogP contribution < -0.4 is 10.6 Å². The molecular formula is C13H23N5O2S. The number of rotatable bonds is 6. The summed E-state index contributed by atoms with van der Waals surface area (Å²) >= 11 is 1.43. The van der Waals surface area contributed by atoms with Crippen molar-refractivity contribution in [1.29, 1.82) is 0 Å². The molecule has 1 aliphatic heterocycles. The van der Waals surface area contributed by atoms with E-state index < -0.39 is 0 Å². The Morgan fingerprint density at radius 2 is 2.19 bits per heavy atom. The van der Waals surface area contributed by atoms with E-state index in [1.165, 1.54) is 11.3 Å². The molecule has 0 aromatic carbocycles. The van der Waals surface area contributed by atoms with E-state index in [9.17, 15) is 4.79 Å². The smallest absolute Gasteiger partial charge is 0.321 e. The zero-order chi connectivity index (χ0) is 15.1. The van der Waals surface area contributed by atoms with Crippen molar-refractivity contribution in [3.63, 3.8) is 0 Å². The van der Waals surface area contributed by atoms with Gasteiger partial charge >= 0.3 is 6.03 Å². The van der Waals surface area contributed by atoms with Crippen LogP contribution >= 0.6 is 11.3 Å². The first-order valence-corrected chi connectivity index (χ1v) is 8.19. The van der Waals surface area contributed by atoms with Crippen LogP contribution in [0.5, 0.6) is 0 Å². The molecule has 118 valence electrons. The molecule has 2 N–H and O–H groups in total. The molecule has 1 aliphatic rings. The molecule has 1 saturated heterocycles. The van der Waals surface area contributed by atoms with Gasteiger partial charge in [-0.25, -0.2) is 4.79 Å². The molecule has 7 nitrogen and oxygen atoms in total. The minimum absolute atomic E-state index is 0.0751.